The van der Waals surface area contributed by atoms with Crippen LogP contribution in [-0.2, 0) is 4.79 Å². The number of rotatable bonds is 2. The molecule has 5 heteroatoms. The SMILES string of the molecule is C[C@@H]1Oc2cc(N3CCCC3=O)ccc2-c2cncc(-c3ccncc3)c21. The number of hydrogen-bond donors (Lipinski definition) is 0. The van der Waals surface area contributed by atoms with Crippen LogP contribution in [0.1, 0.15) is 31.4 Å². The van der Waals surface area contributed by atoms with Crippen molar-refractivity contribution in [3.8, 4) is 28.0 Å². The molecule has 2 aromatic heterocycles. The number of carbonyl (C=O) groups is 1. The average molecular weight is 357 g/mol. The minimum atomic E-state index is -0.108. The molecule has 0 unspecified atom stereocenters. The number of nitrogens with zero attached hydrogens (tertiary/aromatic N) is 3. The molecule has 0 N–H and O–H groups in total. The fourth-order valence-corrected chi connectivity index (χ4v) is 4.05. The summed E-state index contributed by atoms with van der Waals surface area (Å²) in [5.74, 6) is 0.988. The van der Waals surface area contributed by atoms with E-state index in [2.05, 4.69) is 16.9 Å². The lowest BCUT2D eigenvalue weighted by atomic mass is 9.89. The van der Waals surface area contributed by atoms with Crippen LogP contribution in [0.15, 0.2) is 55.1 Å². The summed E-state index contributed by atoms with van der Waals surface area (Å²) < 4.78 is 6.27. The molecular formula is C22H19N3O2. The van der Waals surface area contributed by atoms with Gasteiger partial charge in [0, 0.05) is 71.8 Å². The van der Waals surface area contributed by atoms with Gasteiger partial charge in [0.25, 0.3) is 0 Å². The van der Waals surface area contributed by atoms with Gasteiger partial charge in [0.1, 0.15) is 11.9 Å². The number of amides is 1. The summed E-state index contributed by atoms with van der Waals surface area (Å²) in [5, 5.41) is 0. The Balaban J connectivity index is 1.63. The van der Waals surface area contributed by atoms with Crippen LogP contribution in [0.2, 0.25) is 0 Å². The Morgan fingerprint density at radius 3 is 2.63 bits per heavy atom. The van der Waals surface area contributed by atoms with Crippen LogP contribution < -0.4 is 9.64 Å². The summed E-state index contributed by atoms with van der Waals surface area (Å²) in [4.78, 5) is 22.5. The second-order valence-corrected chi connectivity index (χ2v) is 6.97. The Morgan fingerprint density at radius 1 is 1.04 bits per heavy atom. The Hall–Kier alpha value is -3.21. The predicted molar refractivity (Wildman–Crippen MR) is 104 cm³/mol. The van der Waals surface area contributed by atoms with Crippen LogP contribution in [0.25, 0.3) is 22.3 Å². The summed E-state index contributed by atoms with van der Waals surface area (Å²) in [6, 6.07) is 10.0. The molecule has 0 bridgehead atoms. The molecule has 2 aliphatic rings. The molecule has 0 radical (unpaired) electrons. The highest BCUT2D eigenvalue weighted by Gasteiger charge is 2.28. The zero-order chi connectivity index (χ0) is 18.4. The first-order valence-corrected chi connectivity index (χ1v) is 9.22. The molecule has 5 rings (SSSR count). The summed E-state index contributed by atoms with van der Waals surface area (Å²) in [7, 11) is 0. The van der Waals surface area contributed by atoms with Crippen LogP contribution in [0.5, 0.6) is 5.75 Å². The Kier molecular flexibility index (Phi) is 3.67. The topological polar surface area (TPSA) is 55.3 Å². The fraction of sp³-hybridized carbons (Fsp3) is 0.227. The third-order valence-corrected chi connectivity index (χ3v) is 5.33. The highest BCUT2D eigenvalue weighted by Crippen LogP contribution is 2.46. The molecular weight excluding hydrogens is 338 g/mol. The van der Waals surface area contributed by atoms with E-state index in [1.54, 1.807) is 12.4 Å². The lowest BCUT2D eigenvalue weighted by molar-refractivity contribution is -0.117. The predicted octanol–water partition coefficient (Wildman–Crippen LogP) is 4.39. The van der Waals surface area contributed by atoms with Gasteiger partial charge in [0.2, 0.25) is 5.91 Å². The molecule has 1 fully saturated rings. The molecule has 1 saturated heterocycles. The summed E-state index contributed by atoms with van der Waals surface area (Å²) in [6.07, 6.45) is 8.79. The van der Waals surface area contributed by atoms with Crippen molar-refractivity contribution in [2.45, 2.75) is 25.9 Å². The third-order valence-electron chi connectivity index (χ3n) is 5.33. The van der Waals surface area contributed by atoms with Crippen molar-refractivity contribution in [2.24, 2.45) is 0 Å². The van der Waals surface area contributed by atoms with E-state index in [0.29, 0.717) is 6.42 Å². The molecule has 1 amide bonds. The van der Waals surface area contributed by atoms with Crippen LogP contribution in [0.4, 0.5) is 5.69 Å². The van der Waals surface area contributed by atoms with Crippen molar-refractivity contribution in [3.05, 3.63) is 60.7 Å². The number of fused-ring (bicyclic) bond motifs is 3. The van der Waals surface area contributed by atoms with Crippen molar-refractivity contribution >= 4 is 11.6 Å². The van der Waals surface area contributed by atoms with Gasteiger partial charge < -0.3 is 9.64 Å². The number of anilines is 1. The van der Waals surface area contributed by atoms with Crippen LogP contribution in [0.3, 0.4) is 0 Å². The van der Waals surface area contributed by atoms with E-state index in [-0.39, 0.29) is 12.0 Å². The molecule has 0 saturated carbocycles. The molecule has 2 aliphatic heterocycles. The average Bonchev–Trinajstić information content (AvgIpc) is 3.14. The van der Waals surface area contributed by atoms with Gasteiger partial charge in [-0.2, -0.15) is 0 Å². The van der Waals surface area contributed by atoms with E-state index in [1.807, 2.05) is 47.6 Å². The molecule has 5 nitrogen and oxygen atoms in total. The first kappa shape index (κ1) is 16.0. The number of pyridine rings is 2. The van der Waals surface area contributed by atoms with Gasteiger partial charge in [-0.3, -0.25) is 14.8 Å². The summed E-state index contributed by atoms with van der Waals surface area (Å²) in [5.41, 5.74) is 6.28. The highest BCUT2D eigenvalue weighted by molar-refractivity contribution is 5.96. The number of carbonyl (C=O) groups excluding carboxylic acids is 1. The standard InChI is InChI=1S/C22H19N3O2/c1-14-22-18(15-6-8-23-9-7-15)12-24-13-19(22)17-5-4-16(11-20(17)27-14)25-10-2-3-21(25)26/h4-9,11-14H,2-3,10H2,1H3/t14-/m0/s1. The Labute approximate surface area is 157 Å². The monoisotopic (exact) mass is 357 g/mol. The van der Waals surface area contributed by atoms with E-state index in [9.17, 15) is 4.79 Å². The maximum Gasteiger partial charge on any atom is 0.227 e. The molecule has 1 atom stereocenters. The fourth-order valence-electron chi connectivity index (χ4n) is 4.05. The molecule has 1 aromatic carbocycles. The third kappa shape index (κ3) is 2.58. The van der Waals surface area contributed by atoms with E-state index >= 15 is 0 Å². The van der Waals surface area contributed by atoms with E-state index in [0.717, 1.165) is 52.2 Å². The maximum absolute atomic E-state index is 12.1. The first-order chi connectivity index (χ1) is 13.2. The molecule has 134 valence electrons. The van der Waals surface area contributed by atoms with Crippen molar-refractivity contribution in [1.82, 2.24) is 9.97 Å². The maximum atomic E-state index is 12.1. The van der Waals surface area contributed by atoms with E-state index in [4.69, 9.17) is 4.74 Å². The smallest absolute Gasteiger partial charge is 0.227 e. The quantitative estimate of drug-likeness (QED) is 0.682. The van der Waals surface area contributed by atoms with Crippen LogP contribution in [-0.4, -0.2) is 22.4 Å². The summed E-state index contributed by atoms with van der Waals surface area (Å²) >= 11 is 0. The van der Waals surface area contributed by atoms with Gasteiger partial charge in [0.15, 0.2) is 0 Å². The van der Waals surface area contributed by atoms with Gasteiger partial charge >= 0.3 is 0 Å². The first-order valence-electron chi connectivity index (χ1n) is 9.22. The lowest BCUT2D eigenvalue weighted by Gasteiger charge is -2.29. The zero-order valence-electron chi connectivity index (χ0n) is 15.1. The highest BCUT2D eigenvalue weighted by atomic mass is 16.5. The normalized spacial score (nSPS) is 18.0. The van der Waals surface area contributed by atoms with E-state index < -0.39 is 0 Å². The van der Waals surface area contributed by atoms with Crippen molar-refractivity contribution in [3.63, 3.8) is 0 Å². The number of hydrogen-bond acceptors (Lipinski definition) is 4. The minimum Gasteiger partial charge on any atom is -0.485 e. The van der Waals surface area contributed by atoms with Crippen molar-refractivity contribution < 1.29 is 9.53 Å². The number of ether oxygens (including phenoxy) is 1. The van der Waals surface area contributed by atoms with Crippen LogP contribution >= 0.6 is 0 Å². The van der Waals surface area contributed by atoms with Gasteiger partial charge in [-0.25, -0.2) is 0 Å². The molecule has 4 heterocycles. The lowest BCUT2D eigenvalue weighted by Crippen LogP contribution is -2.24. The second kappa shape index (κ2) is 6.20. The Bertz CT molecular complexity index is 1030. The second-order valence-electron chi connectivity index (χ2n) is 6.97. The van der Waals surface area contributed by atoms with Crippen LogP contribution in [0, 0.1) is 0 Å². The number of benzene rings is 1. The van der Waals surface area contributed by atoms with Gasteiger partial charge in [0.05, 0.1) is 0 Å². The van der Waals surface area contributed by atoms with E-state index in [1.165, 1.54) is 0 Å². The van der Waals surface area contributed by atoms with Gasteiger partial charge in [-0.05, 0) is 43.2 Å². The largest absolute Gasteiger partial charge is 0.485 e. The molecule has 0 spiro atoms. The molecule has 0 aliphatic carbocycles. The van der Waals surface area contributed by atoms with Crippen molar-refractivity contribution in [1.29, 1.82) is 0 Å². The number of aromatic nitrogens is 2. The minimum absolute atomic E-state index is 0.108. The zero-order valence-corrected chi connectivity index (χ0v) is 15.1. The van der Waals surface area contributed by atoms with Gasteiger partial charge in [-0.1, -0.05) is 0 Å². The summed E-state index contributed by atoms with van der Waals surface area (Å²) in [6.45, 7) is 2.83. The van der Waals surface area contributed by atoms with Gasteiger partial charge in [-0.15, -0.1) is 0 Å². The van der Waals surface area contributed by atoms with Crippen molar-refractivity contribution in [2.75, 3.05) is 11.4 Å². The molecule has 27 heavy (non-hydrogen) atoms. The Morgan fingerprint density at radius 2 is 1.85 bits per heavy atom. The molecule has 3 aromatic rings.